The van der Waals surface area contributed by atoms with Gasteiger partial charge in [0.2, 0.25) is 5.43 Å². The Labute approximate surface area is 391 Å². The van der Waals surface area contributed by atoms with Crippen LogP contribution in [0.2, 0.25) is 0 Å². The summed E-state index contributed by atoms with van der Waals surface area (Å²) in [5.41, 5.74) is 15.0. The number of fused-ring (bicyclic) bond motifs is 14. The molecule has 2 aliphatic rings. The van der Waals surface area contributed by atoms with Crippen molar-refractivity contribution in [2.24, 2.45) is 0 Å². The Kier molecular flexibility index (Phi) is 9.18. The zero-order valence-corrected chi connectivity index (χ0v) is 36.8. The zero-order chi connectivity index (χ0) is 44.4. The molecule has 0 N–H and O–H groups in total. The van der Waals surface area contributed by atoms with Gasteiger partial charge >= 0.3 is 0 Å². The zero-order valence-electron chi connectivity index (χ0n) is 36.0. The van der Waals surface area contributed by atoms with Gasteiger partial charge in [0.25, 0.3) is 0 Å². The van der Waals surface area contributed by atoms with Crippen molar-refractivity contribution in [3.05, 3.63) is 241 Å². The van der Waals surface area contributed by atoms with Gasteiger partial charge in [-0.25, -0.2) is 0 Å². The van der Waals surface area contributed by atoms with Crippen LogP contribution in [0, 0.1) is 0 Å². The molecule has 5 nitrogen and oxygen atoms in total. The number of nitrogens with zero attached hydrogens (tertiary/aromatic N) is 2. The van der Waals surface area contributed by atoms with E-state index in [1.165, 1.54) is 9.79 Å². The minimum Gasteiger partial charge on any atom is -0.456 e. The van der Waals surface area contributed by atoms with Gasteiger partial charge in [-0.05, 0) is 83.9 Å². The first-order chi connectivity index (χ1) is 33.2. The van der Waals surface area contributed by atoms with Crippen molar-refractivity contribution in [1.82, 2.24) is 0 Å². The largest absolute Gasteiger partial charge is 0.456 e. The summed E-state index contributed by atoms with van der Waals surface area (Å²) in [6.07, 6.45) is 0. The fourth-order valence-electron chi connectivity index (χ4n) is 9.86. The molecule has 13 rings (SSSR count). The maximum Gasteiger partial charge on any atom is 0.200 e. The van der Waals surface area contributed by atoms with Crippen LogP contribution in [0.15, 0.2) is 250 Å². The van der Waals surface area contributed by atoms with E-state index >= 15 is 0 Å². The highest BCUT2D eigenvalue weighted by molar-refractivity contribution is 7.99. The molecule has 0 saturated heterocycles. The molecule has 0 unspecified atom stereocenters. The predicted octanol–water partition coefficient (Wildman–Crippen LogP) is 17.1. The van der Waals surface area contributed by atoms with Crippen LogP contribution >= 0.6 is 11.8 Å². The maximum absolute atomic E-state index is 14.7. The van der Waals surface area contributed by atoms with Crippen molar-refractivity contribution < 1.29 is 9.15 Å². The second-order valence-corrected chi connectivity index (χ2v) is 17.8. The fourth-order valence-corrected chi connectivity index (χ4v) is 11.0. The summed E-state index contributed by atoms with van der Waals surface area (Å²) in [6, 6.07) is 79.5. The van der Waals surface area contributed by atoms with Gasteiger partial charge in [0.1, 0.15) is 22.7 Å². The summed E-state index contributed by atoms with van der Waals surface area (Å²) in [4.78, 5) is 21.6. The van der Waals surface area contributed by atoms with Gasteiger partial charge in [0.15, 0.2) is 0 Å². The minimum atomic E-state index is -0.0854. The van der Waals surface area contributed by atoms with E-state index in [-0.39, 0.29) is 5.43 Å². The molecule has 0 fully saturated rings. The van der Waals surface area contributed by atoms with E-state index in [1.54, 1.807) is 11.8 Å². The molecule has 10 aromatic carbocycles. The Morgan fingerprint density at radius 3 is 1.07 bits per heavy atom. The summed E-state index contributed by atoms with van der Waals surface area (Å²) in [7, 11) is 0. The third-order valence-electron chi connectivity index (χ3n) is 12.9. The Bertz CT molecular complexity index is 3420. The van der Waals surface area contributed by atoms with Crippen LogP contribution in [-0.2, 0) is 0 Å². The Balaban J connectivity index is 1.03. The van der Waals surface area contributed by atoms with Gasteiger partial charge in [-0.3, -0.25) is 4.79 Å². The van der Waals surface area contributed by atoms with Crippen LogP contribution in [0.25, 0.3) is 66.4 Å². The SMILES string of the molecule is O=c1c2ccc(N3c4ccccc4-c4ccccc4Oc4ccccc4-c4ccccc43)cc2oc2cc(N3c4ccccc4-c4ccccc4Sc4ccccc4-c4ccccc43)ccc12. The molecule has 0 radical (unpaired) electrons. The first kappa shape index (κ1) is 38.8. The molecule has 11 aromatic rings. The quantitative estimate of drug-likeness (QED) is 0.161. The van der Waals surface area contributed by atoms with Crippen LogP contribution in [0.3, 0.4) is 0 Å². The van der Waals surface area contributed by atoms with Crippen molar-refractivity contribution in [2.75, 3.05) is 9.80 Å². The van der Waals surface area contributed by atoms with Crippen molar-refractivity contribution in [3.63, 3.8) is 0 Å². The van der Waals surface area contributed by atoms with Gasteiger partial charge in [-0.2, -0.15) is 0 Å². The lowest BCUT2D eigenvalue weighted by atomic mass is 9.96. The van der Waals surface area contributed by atoms with E-state index < -0.39 is 0 Å². The number of para-hydroxylation sites is 6. The second kappa shape index (κ2) is 15.8. The van der Waals surface area contributed by atoms with Gasteiger partial charge < -0.3 is 19.0 Å². The molecule has 0 spiro atoms. The lowest BCUT2D eigenvalue weighted by molar-refractivity contribution is 0.486. The molecule has 67 heavy (non-hydrogen) atoms. The molecule has 0 saturated carbocycles. The summed E-state index contributed by atoms with van der Waals surface area (Å²) >= 11 is 1.79. The highest BCUT2D eigenvalue weighted by atomic mass is 32.2. The predicted molar refractivity (Wildman–Crippen MR) is 275 cm³/mol. The molecule has 6 heteroatoms. The van der Waals surface area contributed by atoms with Crippen LogP contribution in [0.5, 0.6) is 11.5 Å². The second-order valence-electron chi connectivity index (χ2n) is 16.7. The third kappa shape index (κ3) is 6.44. The summed E-state index contributed by atoms with van der Waals surface area (Å²) in [6.45, 7) is 0. The molecule has 0 atom stereocenters. The minimum absolute atomic E-state index is 0.0854. The van der Waals surface area contributed by atoms with Gasteiger partial charge in [-0.15, -0.1) is 0 Å². The highest BCUT2D eigenvalue weighted by Gasteiger charge is 2.27. The maximum atomic E-state index is 14.7. The average Bonchev–Trinajstić information content (AvgIpc) is 3.38. The van der Waals surface area contributed by atoms with Crippen molar-refractivity contribution >= 4 is 67.8 Å². The molecule has 3 heterocycles. The van der Waals surface area contributed by atoms with Crippen LogP contribution in [0.1, 0.15) is 0 Å². The van der Waals surface area contributed by atoms with E-state index in [9.17, 15) is 4.79 Å². The molecular weight excluding hydrogens is 841 g/mol. The van der Waals surface area contributed by atoms with Gasteiger partial charge in [-0.1, -0.05) is 157 Å². The summed E-state index contributed by atoms with van der Waals surface area (Å²) in [5.74, 6) is 1.52. The van der Waals surface area contributed by atoms with Crippen molar-refractivity contribution in [2.45, 2.75) is 9.79 Å². The first-order valence-electron chi connectivity index (χ1n) is 22.4. The number of anilines is 6. The lowest BCUT2D eigenvalue weighted by Gasteiger charge is -2.31. The average molecular weight is 879 g/mol. The van der Waals surface area contributed by atoms with E-state index in [1.807, 2.05) is 72.8 Å². The number of ether oxygens (including phenoxy) is 1. The topological polar surface area (TPSA) is 45.9 Å². The molecule has 0 aliphatic carbocycles. The van der Waals surface area contributed by atoms with E-state index in [0.717, 1.165) is 90.1 Å². The molecule has 0 bridgehead atoms. The third-order valence-corrected chi connectivity index (χ3v) is 14.0. The molecular formula is C61H38N2O3S. The van der Waals surface area contributed by atoms with E-state index in [0.29, 0.717) is 21.9 Å². The Morgan fingerprint density at radius 1 is 0.328 bits per heavy atom. The van der Waals surface area contributed by atoms with Crippen molar-refractivity contribution in [3.8, 4) is 56.0 Å². The molecule has 1 aromatic heterocycles. The van der Waals surface area contributed by atoms with Crippen LogP contribution < -0.4 is 20.0 Å². The fraction of sp³-hybridized carbons (Fsp3) is 0. The molecule has 2 aliphatic heterocycles. The number of hydrogen-bond acceptors (Lipinski definition) is 6. The normalized spacial score (nSPS) is 12.5. The monoisotopic (exact) mass is 878 g/mol. The van der Waals surface area contributed by atoms with Crippen LogP contribution in [0.4, 0.5) is 34.1 Å². The Morgan fingerprint density at radius 2 is 0.657 bits per heavy atom. The summed E-state index contributed by atoms with van der Waals surface area (Å²) < 4.78 is 13.8. The number of benzene rings is 10. The van der Waals surface area contributed by atoms with E-state index in [4.69, 9.17) is 9.15 Å². The smallest absolute Gasteiger partial charge is 0.200 e. The van der Waals surface area contributed by atoms with Gasteiger partial charge in [0.05, 0.1) is 33.5 Å². The Hall–Kier alpha value is -8.58. The van der Waals surface area contributed by atoms with E-state index in [2.05, 4.69) is 168 Å². The summed E-state index contributed by atoms with van der Waals surface area (Å²) in [5, 5.41) is 1.03. The lowest BCUT2D eigenvalue weighted by Crippen LogP contribution is -2.14. The molecule has 0 amide bonds. The van der Waals surface area contributed by atoms with Crippen molar-refractivity contribution in [1.29, 1.82) is 0 Å². The highest BCUT2D eigenvalue weighted by Crippen LogP contribution is 2.53. The standard InChI is InChI=1S/C61H38N2O3S/c64-61-49-35-33-39(62-51-25-9-1-17-41(51)45-21-5-13-29-55(45)65-56-30-14-6-22-46(56)42-18-2-10-26-52(42)62)37-57(49)66-58-38-40(34-36-50(58)61)63-53-27-11-3-19-43(53)47-23-7-15-31-59(47)67-60-32-16-8-24-48(60)44-20-4-12-28-54(44)63/h1-38H. The first-order valence-corrected chi connectivity index (χ1v) is 23.2. The van der Waals surface area contributed by atoms with Crippen LogP contribution in [-0.4, -0.2) is 0 Å². The van der Waals surface area contributed by atoms with Gasteiger partial charge in [0, 0.05) is 66.7 Å². The number of hydrogen-bond donors (Lipinski definition) is 0. The molecule has 316 valence electrons. The number of rotatable bonds is 2.